The van der Waals surface area contributed by atoms with Crippen molar-refractivity contribution in [2.45, 2.75) is 12.8 Å². The van der Waals surface area contributed by atoms with Gasteiger partial charge in [-0.3, -0.25) is 4.90 Å². The van der Waals surface area contributed by atoms with Crippen LogP contribution in [0.15, 0.2) is 69.1 Å². The molecule has 0 spiro atoms. The number of allylic oxidation sites excluding steroid dienone is 1. The van der Waals surface area contributed by atoms with Gasteiger partial charge in [0.15, 0.2) is 0 Å². The molecule has 158 valence electrons. The average molecular weight is 445 g/mol. The lowest BCUT2D eigenvalue weighted by Gasteiger charge is -2.35. The second-order valence-electron chi connectivity index (χ2n) is 7.15. The Labute approximate surface area is 189 Å². The van der Waals surface area contributed by atoms with Crippen molar-refractivity contribution in [3.63, 3.8) is 0 Å². The molecular weight excluding hydrogens is 428 g/mol. The highest BCUT2D eigenvalue weighted by atomic mass is 35.5. The maximum Gasteiger partial charge on any atom is 0.355 e. The molecule has 2 heterocycles. The topological polar surface area (TPSA) is 116 Å². The van der Waals surface area contributed by atoms with Gasteiger partial charge >= 0.3 is 5.63 Å². The molecule has 1 atom stereocenters. The first kappa shape index (κ1) is 21.0. The Bertz CT molecular complexity index is 1380. The van der Waals surface area contributed by atoms with E-state index in [0.29, 0.717) is 27.6 Å². The summed E-state index contributed by atoms with van der Waals surface area (Å²) in [5.74, 6) is 0.272. The minimum atomic E-state index is -0.773. The van der Waals surface area contributed by atoms with Crippen molar-refractivity contribution in [2.75, 3.05) is 12.0 Å². The minimum absolute atomic E-state index is 0.116. The summed E-state index contributed by atoms with van der Waals surface area (Å²) < 4.78 is 10.8. The summed E-state index contributed by atoms with van der Waals surface area (Å²) in [4.78, 5) is 14.1. The lowest BCUT2D eigenvalue weighted by molar-refractivity contribution is 0.415. The fraction of sp³-hybridized carbons (Fsp3) is 0.125. The van der Waals surface area contributed by atoms with Crippen molar-refractivity contribution in [3.8, 4) is 17.9 Å². The molecule has 2 aromatic carbocycles. The Morgan fingerprint density at radius 3 is 2.31 bits per heavy atom. The van der Waals surface area contributed by atoms with E-state index in [1.807, 2.05) is 6.07 Å². The molecule has 0 bridgehead atoms. The standard InChI is InChI=1S/C24H17ClN4O3/c1-13-18(11-26)24(30)32-23-20(13)21(14-3-5-15(25)6-4-14)19(12-27)22(28)29(23)16-7-9-17(31-2)10-8-16/h3-10,21H,28H2,1-2H3. The number of hydrogen-bond acceptors (Lipinski definition) is 7. The molecule has 4 rings (SSSR count). The van der Waals surface area contributed by atoms with Crippen LogP contribution in [0.5, 0.6) is 5.75 Å². The number of benzene rings is 2. The first-order valence-corrected chi connectivity index (χ1v) is 9.96. The van der Waals surface area contributed by atoms with Crippen LogP contribution in [0.4, 0.5) is 11.6 Å². The molecule has 8 heteroatoms. The fourth-order valence-electron chi connectivity index (χ4n) is 3.90. The predicted octanol–water partition coefficient (Wildman–Crippen LogP) is 4.46. The van der Waals surface area contributed by atoms with Gasteiger partial charge in [0.2, 0.25) is 5.88 Å². The van der Waals surface area contributed by atoms with E-state index in [1.54, 1.807) is 62.6 Å². The van der Waals surface area contributed by atoms with Crippen molar-refractivity contribution in [3.05, 3.63) is 97.6 Å². The van der Waals surface area contributed by atoms with Crippen LogP contribution in [0.1, 0.15) is 28.2 Å². The van der Waals surface area contributed by atoms with Crippen LogP contribution in [0.3, 0.4) is 0 Å². The zero-order valence-corrected chi connectivity index (χ0v) is 18.0. The highest BCUT2D eigenvalue weighted by Crippen LogP contribution is 2.47. The number of methoxy groups -OCH3 is 1. The summed E-state index contributed by atoms with van der Waals surface area (Å²) in [6, 6.07) is 18.0. The van der Waals surface area contributed by atoms with Gasteiger partial charge in [0, 0.05) is 10.6 Å². The molecule has 32 heavy (non-hydrogen) atoms. The third-order valence-corrected chi connectivity index (χ3v) is 5.72. The molecule has 1 aromatic heterocycles. The molecule has 0 aliphatic carbocycles. The number of rotatable bonds is 3. The molecule has 1 aliphatic heterocycles. The molecule has 0 saturated carbocycles. The first-order valence-electron chi connectivity index (χ1n) is 9.58. The normalized spacial score (nSPS) is 15.0. The van der Waals surface area contributed by atoms with Gasteiger partial charge in [0.1, 0.15) is 23.2 Å². The monoisotopic (exact) mass is 444 g/mol. The van der Waals surface area contributed by atoms with Gasteiger partial charge in [-0.1, -0.05) is 23.7 Å². The highest BCUT2D eigenvalue weighted by molar-refractivity contribution is 6.30. The Morgan fingerprint density at radius 2 is 1.75 bits per heavy atom. The van der Waals surface area contributed by atoms with E-state index < -0.39 is 11.5 Å². The lowest BCUT2D eigenvalue weighted by atomic mass is 9.80. The van der Waals surface area contributed by atoms with Crippen LogP contribution < -0.4 is 21.0 Å². The summed E-state index contributed by atoms with van der Waals surface area (Å²) in [6.45, 7) is 1.67. The lowest BCUT2D eigenvalue weighted by Crippen LogP contribution is -2.33. The Balaban J connectivity index is 2.07. The van der Waals surface area contributed by atoms with E-state index in [0.717, 1.165) is 5.56 Å². The van der Waals surface area contributed by atoms with E-state index in [-0.39, 0.29) is 22.8 Å². The van der Waals surface area contributed by atoms with Gasteiger partial charge < -0.3 is 14.9 Å². The number of ether oxygens (including phenoxy) is 1. The number of nitrogens with zero attached hydrogens (tertiary/aromatic N) is 3. The van der Waals surface area contributed by atoms with Crippen LogP contribution >= 0.6 is 11.6 Å². The molecule has 0 amide bonds. The van der Waals surface area contributed by atoms with Crippen molar-refractivity contribution >= 4 is 23.2 Å². The highest BCUT2D eigenvalue weighted by Gasteiger charge is 2.38. The van der Waals surface area contributed by atoms with E-state index in [9.17, 15) is 15.3 Å². The largest absolute Gasteiger partial charge is 0.497 e. The zero-order chi connectivity index (χ0) is 23.0. The molecule has 1 unspecified atom stereocenters. The van der Waals surface area contributed by atoms with Gasteiger partial charge in [-0.2, -0.15) is 10.5 Å². The molecule has 3 aromatic rings. The van der Waals surface area contributed by atoms with Crippen LogP contribution in [-0.4, -0.2) is 7.11 Å². The van der Waals surface area contributed by atoms with Gasteiger partial charge in [0.25, 0.3) is 0 Å². The van der Waals surface area contributed by atoms with Crippen molar-refractivity contribution in [1.82, 2.24) is 0 Å². The first-order chi connectivity index (χ1) is 15.4. The summed E-state index contributed by atoms with van der Waals surface area (Å²) in [5, 5.41) is 20.2. The second kappa shape index (κ2) is 8.14. The average Bonchev–Trinajstić information content (AvgIpc) is 2.79. The van der Waals surface area contributed by atoms with Crippen molar-refractivity contribution < 1.29 is 9.15 Å². The maximum atomic E-state index is 12.6. The second-order valence-corrected chi connectivity index (χ2v) is 7.59. The number of hydrogen-bond donors (Lipinski definition) is 1. The van der Waals surface area contributed by atoms with Crippen LogP contribution in [0.2, 0.25) is 5.02 Å². The van der Waals surface area contributed by atoms with Crippen LogP contribution in [0.25, 0.3) is 0 Å². The summed E-state index contributed by atoms with van der Waals surface area (Å²) in [7, 11) is 1.55. The van der Waals surface area contributed by atoms with Gasteiger partial charge in [-0.05, 0) is 54.4 Å². The smallest absolute Gasteiger partial charge is 0.355 e. The summed E-state index contributed by atoms with van der Waals surface area (Å²) in [6.07, 6.45) is 0. The van der Waals surface area contributed by atoms with Crippen LogP contribution in [0, 0.1) is 29.6 Å². The Kier molecular flexibility index (Phi) is 5.36. The number of fused-ring (bicyclic) bond motifs is 1. The predicted molar refractivity (Wildman–Crippen MR) is 120 cm³/mol. The third kappa shape index (κ3) is 3.26. The summed E-state index contributed by atoms with van der Waals surface area (Å²) >= 11 is 6.05. The summed E-state index contributed by atoms with van der Waals surface area (Å²) in [5.41, 5.74) is 8.09. The number of anilines is 2. The van der Waals surface area contributed by atoms with E-state index in [1.165, 1.54) is 4.90 Å². The van der Waals surface area contributed by atoms with Gasteiger partial charge in [-0.15, -0.1) is 0 Å². The molecule has 2 N–H and O–H groups in total. The molecular formula is C24H17ClN4O3. The van der Waals surface area contributed by atoms with E-state index >= 15 is 0 Å². The molecule has 1 aliphatic rings. The minimum Gasteiger partial charge on any atom is -0.497 e. The third-order valence-electron chi connectivity index (χ3n) is 5.47. The van der Waals surface area contributed by atoms with E-state index in [2.05, 4.69) is 6.07 Å². The molecule has 0 fully saturated rings. The van der Waals surface area contributed by atoms with Crippen molar-refractivity contribution in [2.24, 2.45) is 5.73 Å². The van der Waals surface area contributed by atoms with Crippen molar-refractivity contribution in [1.29, 1.82) is 10.5 Å². The number of nitrogens with two attached hydrogens (primary N) is 1. The molecule has 0 saturated heterocycles. The Morgan fingerprint density at radius 1 is 1.09 bits per heavy atom. The molecule has 0 radical (unpaired) electrons. The quantitative estimate of drug-likeness (QED) is 0.633. The number of nitriles is 2. The van der Waals surface area contributed by atoms with Crippen LogP contribution in [-0.2, 0) is 0 Å². The van der Waals surface area contributed by atoms with E-state index in [4.69, 9.17) is 26.5 Å². The van der Waals surface area contributed by atoms with Gasteiger partial charge in [0.05, 0.1) is 30.4 Å². The fourth-order valence-corrected chi connectivity index (χ4v) is 4.02. The number of halogens is 1. The van der Waals surface area contributed by atoms with Gasteiger partial charge in [-0.25, -0.2) is 4.79 Å². The molecule has 7 nitrogen and oxygen atoms in total. The Hall–Kier alpha value is -4.20. The SMILES string of the molecule is COc1ccc(N2C(N)=C(C#N)C(c3ccc(Cl)cc3)c3c2oc(=O)c(C#N)c3C)cc1. The zero-order valence-electron chi connectivity index (χ0n) is 17.2. The maximum absolute atomic E-state index is 12.6.